The highest BCUT2D eigenvalue weighted by atomic mass is 16.5. The SMILES string of the molecule is CCOC(=O)C[C@@H](C1=CC(=O)C=CC1=O)N1CC[C@H](CCCc2ccc3c(n2)NCCC3)C1=O. The number of ketones is 2. The van der Waals surface area contributed by atoms with E-state index in [0.29, 0.717) is 19.4 Å². The van der Waals surface area contributed by atoms with E-state index in [-0.39, 0.29) is 42.0 Å². The molecule has 3 aliphatic rings. The van der Waals surface area contributed by atoms with E-state index in [9.17, 15) is 19.2 Å². The van der Waals surface area contributed by atoms with E-state index in [4.69, 9.17) is 9.72 Å². The first-order valence-electron chi connectivity index (χ1n) is 12.1. The molecule has 3 heterocycles. The van der Waals surface area contributed by atoms with Crippen molar-refractivity contribution >= 4 is 29.3 Å². The van der Waals surface area contributed by atoms with Gasteiger partial charge in [-0.25, -0.2) is 4.98 Å². The molecule has 1 N–H and O–H groups in total. The van der Waals surface area contributed by atoms with Gasteiger partial charge in [0, 0.05) is 30.3 Å². The molecule has 8 nitrogen and oxygen atoms in total. The lowest BCUT2D eigenvalue weighted by Gasteiger charge is -2.29. The van der Waals surface area contributed by atoms with Gasteiger partial charge in [0.25, 0.3) is 0 Å². The molecule has 1 saturated heterocycles. The summed E-state index contributed by atoms with van der Waals surface area (Å²) in [5.74, 6) is -0.443. The summed E-state index contributed by atoms with van der Waals surface area (Å²) in [5, 5.41) is 3.35. The Hall–Kier alpha value is -3.29. The maximum atomic E-state index is 13.3. The van der Waals surface area contributed by atoms with Crippen LogP contribution in [0.1, 0.15) is 50.3 Å². The lowest BCUT2D eigenvalue weighted by Crippen LogP contribution is -2.42. The second-order valence-electron chi connectivity index (χ2n) is 8.97. The fourth-order valence-corrected chi connectivity index (χ4v) is 4.93. The normalized spacial score (nSPS) is 20.6. The maximum absolute atomic E-state index is 13.3. The van der Waals surface area contributed by atoms with E-state index >= 15 is 0 Å². The first kappa shape index (κ1) is 23.9. The second kappa shape index (κ2) is 10.8. The molecule has 34 heavy (non-hydrogen) atoms. The summed E-state index contributed by atoms with van der Waals surface area (Å²) in [6, 6.07) is 3.42. The van der Waals surface area contributed by atoms with Gasteiger partial charge >= 0.3 is 5.97 Å². The highest BCUT2D eigenvalue weighted by Crippen LogP contribution is 2.30. The molecular weight excluding hydrogens is 434 g/mol. The predicted octanol–water partition coefficient (Wildman–Crippen LogP) is 2.57. The van der Waals surface area contributed by atoms with Crippen LogP contribution in [0.5, 0.6) is 0 Å². The highest BCUT2D eigenvalue weighted by Gasteiger charge is 2.39. The molecule has 1 aliphatic carbocycles. The van der Waals surface area contributed by atoms with Crippen LogP contribution in [0.2, 0.25) is 0 Å². The van der Waals surface area contributed by atoms with Crippen molar-refractivity contribution in [3.8, 4) is 0 Å². The zero-order valence-corrected chi connectivity index (χ0v) is 19.5. The van der Waals surface area contributed by atoms with Gasteiger partial charge in [-0.3, -0.25) is 19.2 Å². The summed E-state index contributed by atoms with van der Waals surface area (Å²) in [7, 11) is 0. The Balaban J connectivity index is 1.39. The average molecular weight is 466 g/mol. The van der Waals surface area contributed by atoms with Crippen LogP contribution in [0, 0.1) is 5.92 Å². The second-order valence-corrected chi connectivity index (χ2v) is 8.97. The van der Waals surface area contributed by atoms with Crippen LogP contribution in [0.4, 0.5) is 5.82 Å². The number of aryl methyl sites for hydroxylation is 2. The monoisotopic (exact) mass is 465 g/mol. The molecule has 180 valence electrons. The minimum atomic E-state index is -0.786. The van der Waals surface area contributed by atoms with Gasteiger partial charge in [-0.05, 0) is 75.3 Å². The van der Waals surface area contributed by atoms with Crippen molar-refractivity contribution < 1.29 is 23.9 Å². The number of fused-ring (bicyclic) bond motifs is 1. The number of likely N-dealkylation sites (tertiary alicyclic amines) is 1. The van der Waals surface area contributed by atoms with Gasteiger partial charge in [-0.1, -0.05) is 6.07 Å². The Bertz CT molecular complexity index is 1040. The summed E-state index contributed by atoms with van der Waals surface area (Å²) >= 11 is 0. The van der Waals surface area contributed by atoms with Gasteiger partial charge < -0.3 is 15.0 Å². The van der Waals surface area contributed by atoms with Crippen LogP contribution >= 0.6 is 0 Å². The molecule has 0 radical (unpaired) electrons. The van der Waals surface area contributed by atoms with Gasteiger partial charge in [0.1, 0.15) is 5.82 Å². The van der Waals surface area contributed by atoms with E-state index < -0.39 is 12.0 Å². The Morgan fingerprint density at radius 3 is 2.94 bits per heavy atom. The topological polar surface area (TPSA) is 106 Å². The van der Waals surface area contributed by atoms with E-state index in [2.05, 4.69) is 17.4 Å². The molecule has 1 amide bonds. The van der Waals surface area contributed by atoms with Gasteiger partial charge in [-0.15, -0.1) is 0 Å². The molecule has 0 unspecified atom stereocenters. The van der Waals surface area contributed by atoms with Crippen molar-refractivity contribution in [2.24, 2.45) is 5.92 Å². The number of hydrogen-bond donors (Lipinski definition) is 1. The molecule has 0 spiro atoms. The number of carbonyl (C=O) groups is 4. The number of aromatic nitrogens is 1. The van der Waals surface area contributed by atoms with Crippen LogP contribution in [0.25, 0.3) is 0 Å². The first-order valence-corrected chi connectivity index (χ1v) is 12.1. The van der Waals surface area contributed by atoms with Crippen LogP contribution in [0.3, 0.4) is 0 Å². The Morgan fingerprint density at radius 2 is 2.12 bits per heavy atom. The van der Waals surface area contributed by atoms with Crippen molar-refractivity contribution in [2.75, 3.05) is 25.0 Å². The number of nitrogens with one attached hydrogen (secondary N) is 1. The van der Waals surface area contributed by atoms with Crippen molar-refractivity contribution in [2.45, 2.75) is 57.9 Å². The molecule has 0 saturated carbocycles. The summed E-state index contributed by atoms with van der Waals surface area (Å²) in [5.41, 5.74) is 2.45. The van der Waals surface area contributed by atoms with E-state index in [0.717, 1.165) is 43.7 Å². The summed E-state index contributed by atoms with van der Waals surface area (Å²) in [4.78, 5) is 56.2. The number of nitrogens with zero attached hydrogens (tertiary/aromatic N) is 2. The van der Waals surface area contributed by atoms with E-state index in [1.807, 2.05) is 0 Å². The highest BCUT2D eigenvalue weighted by molar-refractivity contribution is 6.18. The van der Waals surface area contributed by atoms with Gasteiger partial charge in [-0.2, -0.15) is 0 Å². The number of esters is 1. The number of carbonyl (C=O) groups excluding carboxylic acids is 4. The molecule has 1 aromatic heterocycles. The van der Waals surface area contributed by atoms with Gasteiger partial charge in [0.15, 0.2) is 11.6 Å². The number of ether oxygens (including phenoxy) is 1. The summed E-state index contributed by atoms with van der Waals surface area (Å²) < 4.78 is 5.07. The predicted molar refractivity (Wildman–Crippen MR) is 126 cm³/mol. The third-order valence-corrected chi connectivity index (χ3v) is 6.67. The molecule has 0 aromatic carbocycles. The lowest BCUT2D eigenvalue weighted by atomic mass is 9.93. The molecule has 2 atom stereocenters. The quantitative estimate of drug-likeness (QED) is 0.441. The van der Waals surface area contributed by atoms with Gasteiger partial charge in [0.05, 0.1) is 19.1 Å². The van der Waals surface area contributed by atoms with Crippen LogP contribution in [-0.4, -0.2) is 59.1 Å². The molecule has 4 rings (SSSR count). The van der Waals surface area contributed by atoms with Crippen molar-refractivity contribution in [1.82, 2.24) is 9.88 Å². The zero-order valence-electron chi connectivity index (χ0n) is 19.5. The molecule has 1 aromatic rings. The molecule has 0 bridgehead atoms. The number of pyridine rings is 1. The van der Waals surface area contributed by atoms with Gasteiger partial charge in [0.2, 0.25) is 5.91 Å². The standard InChI is InChI=1S/C26H31N3O5/c1-2-34-24(32)16-22(21-15-20(30)10-11-23(21)31)29-14-12-18(26(29)33)5-3-7-19-9-8-17-6-4-13-27-25(17)28-19/h8-11,15,18,22H,2-7,12-14,16H2,1H3,(H,27,28)/t18-,22-/m0/s1. The van der Waals surface area contributed by atoms with Crippen LogP contribution < -0.4 is 5.32 Å². The number of hydrogen-bond acceptors (Lipinski definition) is 7. The Labute approximate surface area is 199 Å². The smallest absolute Gasteiger partial charge is 0.308 e. The number of allylic oxidation sites excluding steroid dienone is 3. The van der Waals surface area contributed by atoms with Crippen LogP contribution in [0.15, 0.2) is 35.9 Å². The van der Waals surface area contributed by atoms with Crippen molar-refractivity contribution in [3.05, 3.63) is 47.2 Å². The summed E-state index contributed by atoms with van der Waals surface area (Å²) in [6.45, 7) is 3.30. The lowest BCUT2D eigenvalue weighted by molar-refractivity contribution is -0.145. The fraction of sp³-hybridized carbons (Fsp3) is 0.500. The average Bonchev–Trinajstić information content (AvgIpc) is 3.19. The van der Waals surface area contributed by atoms with Crippen molar-refractivity contribution in [3.63, 3.8) is 0 Å². The molecule has 8 heteroatoms. The minimum Gasteiger partial charge on any atom is -0.466 e. The van der Waals surface area contributed by atoms with Crippen molar-refractivity contribution in [1.29, 1.82) is 0 Å². The zero-order chi connectivity index (χ0) is 24.1. The largest absolute Gasteiger partial charge is 0.466 e. The molecular formula is C26H31N3O5. The number of amides is 1. The summed E-state index contributed by atoms with van der Waals surface area (Å²) in [6.07, 6.45) is 8.64. The minimum absolute atomic E-state index is 0.0786. The third-order valence-electron chi connectivity index (χ3n) is 6.67. The third kappa shape index (κ3) is 5.43. The Kier molecular flexibility index (Phi) is 7.55. The number of anilines is 1. The Morgan fingerprint density at radius 1 is 1.26 bits per heavy atom. The fourth-order valence-electron chi connectivity index (χ4n) is 4.93. The van der Waals surface area contributed by atoms with E-state index in [1.54, 1.807) is 11.8 Å². The van der Waals surface area contributed by atoms with E-state index in [1.165, 1.54) is 23.8 Å². The van der Waals surface area contributed by atoms with Crippen LogP contribution in [-0.2, 0) is 36.8 Å². The number of rotatable bonds is 9. The first-order chi connectivity index (χ1) is 16.5. The maximum Gasteiger partial charge on any atom is 0.308 e. The molecule has 2 aliphatic heterocycles. The molecule has 1 fully saturated rings.